The van der Waals surface area contributed by atoms with Gasteiger partial charge in [0.05, 0.1) is 24.7 Å². The number of hydrogen-bond donors (Lipinski definition) is 1. The maximum Gasteiger partial charge on any atom is 0.142 e. The molecule has 0 aromatic heterocycles. The molecule has 2 N–H and O–H groups in total. The van der Waals surface area contributed by atoms with Crippen LogP contribution in [-0.4, -0.2) is 14.2 Å². The third kappa shape index (κ3) is 2.78. The minimum atomic E-state index is -0.617. The van der Waals surface area contributed by atoms with E-state index in [0.29, 0.717) is 27.1 Å². The number of methoxy groups -OCH3 is 2. The SMILES string of the molecule is COc1ccc(C(N)c2cccc(Br)c2F)c(OC)c1. The molecule has 20 heavy (non-hydrogen) atoms. The van der Waals surface area contributed by atoms with Crippen LogP contribution in [0.3, 0.4) is 0 Å². The summed E-state index contributed by atoms with van der Waals surface area (Å²) >= 11 is 3.16. The predicted octanol–water partition coefficient (Wildman–Crippen LogP) is 3.65. The summed E-state index contributed by atoms with van der Waals surface area (Å²) in [6, 6.07) is 9.71. The van der Waals surface area contributed by atoms with Crippen LogP contribution in [0.25, 0.3) is 0 Å². The Morgan fingerprint density at radius 3 is 2.50 bits per heavy atom. The van der Waals surface area contributed by atoms with E-state index in [1.54, 1.807) is 50.6 Å². The lowest BCUT2D eigenvalue weighted by Crippen LogP contribution is -2.15. The minimum absolute atomic E-state index is 0.363. The van der Waals surface area contributed by atoms with Gasteiger partial charge in [-0.25, -0.2) is 4.39 Å². The van der Waals surface area contributed by atoms with Gasteiger partial charge < -0.3 is 15.2 Å². The van der Waals surface area contributed by atoms with Gasteiger partial charge >= 0.3 is 0 Å². The summed E-state index contributed by atoms with van der Waals surface area (Å²) in [5.74, 6) is 0.863. The van der Waals surface area contributed by atoms with E-state index in [4.69, 9.17) is 15.2 Å². The number of ether oxygens (including phenoxy) is 2. The van der Waals surface area contributed by atoms with Crippen molar-refractivity contribution in [1.82, 2.24) is 0 Å². The number of nitrogens with two attached hydrogens (primary N) is 1. The Labute approximate surface area is 125 Å². The smallest absolute Gasteiger partial charge is 0.142 e. The fraction of sp³-hybridized carbons (Fsp3) is 0.200. The van der Waals surface area contributed by atoms with Crippen molar-refractivity contribution in [2.45, 2.75) is 6.04 Å². The first kappa shape index (κ1) is 14.8. The number of rotatable bonds is 4. The first-order chi connectivity index (χ1) is 9.58. The maximum absolute atomic E-state index is 14.1. The highest BCUT2D eigenvalue weighted by Gasteiger charge is 2.19. The van der Waals surface area contributed by atoms with E-state index >= 15 is 0 Å². The second-order valence-corrected chi connectivity index (χ2v) is 5.08. The molecule has 5 heteroatoms. The molecule has 2 rings (SSSR count). The quantitative estimate of drug-likeness (QED) is 0.924. The summed E-state index contributed by atoms with van der Waals surface area (Å²) in [7, 11) is 3.12. The molecule has 0 saturated carbocycles. The van der Waals surface area contributed by atoms with Crippen LogP contribution in [0, 0.1) is 5.82 Å². The molecule has 0 amide bonds. The number of halogens is 2. The first-order valence-electron chi connectivity index (χ1n) is 6.00. The van der Waals surface area contributed by atoms with Crippen LogP contribution in [0.1, 0.15) is 17.2 Å². The van der Waals surface area contributed by atoms with E-state index in [2.05, 4.69) is 15.9 Å². The van der Waals surface area contributed by atoms with Gasteiger partial charge in [-0.05, 0) is 34.1 Å². The van der Waals surface area contributed by atoms with Crippen molar-refractivity contribution in [3.05, 3.63) is 57.8 Å². The Bertz CT molecular complexity index is 619. The zero-order valence-corrected chi connectivity index (χ0v) is 12.8. The summed E-state index contributed by atoms with van der Waals surface area (Å²) < 4.78 is 25.0. The fourth-order valence-corrected chi connectivity index (χ4v) is 2.39. The first-order valence-corrected chi connectivity index (χ1v) is 6.79. The molecule has 0 heterocycles. The van der Waals surface area contributed by atoms with Crippen LogP contribution in [0.5, 0.6) is 11.5 Å². The van der Waals surface area contributed by atoms with E-state index in [1.807, 2.05) is 0 Å². The highest BCUT2D eigenvalue weighted by molar-refractivity contribution is 9.10. The third-order valence-electron chi connectivity index (χ3n) is 3.09. The highest BCUT2D eigenvalue weighted by atomic mass is 79.9. The molecule has 2 aromatic carbocycles. The lowest BCUT2D eigenvalue weighted by Gasteiger charge is -2.18. The van der Waals surface area contributed by atoms with E-state index in [0.717, 1.165) is 0 Å². The molecule has 0 radical (unpaired) electrons. The normalized spacial score (nSPS) is 12.1. The topological polar surface area (TPSA) is 44.5 Å². The van der Waals surface area contributed by atoms with Crippen LogP contribution in [-0.2, 0) is 0 Å². The second kappa shape index (κ2) is 6.24. The van der Waals surface area contributed by atoms with Gasteiger partial charge in [0.2, 0.25) is 0 Å². The Morgan fingerprint density at radius 1 is 1.10 bits per heavy atom. The van der Waals surface area contributed by atoms with Crippen molar-refractivity contribution in [1.29, 1.82) is 0 Å². The average molecular weight is 340 g/mol. The molecule has 0 spiro atoms. The molecule has 3 nitrogen and oxygen atoms in total. The zero-order valence-electron chi connectivity index (χ0n) is 11.2. The fourth-order valence-electron chi connectivity index (χ4n) is 2.00. The van der Waals surface area contributed by atoms with Gasteiger partial charge in [0.25, 0.3) is 0 Å². The third-order valence-corrected chi connectivity index (χ3v) is 3.70. The average Bonchev–Trinajstić information content (AvgIpc) is 2.48. The molecule has 0 aliphatic heterocycles. The molecule has 106 valence electrons. The van der Waals surface area contributed by atoms with Gasteiger partial charge in [-0.3, -0.25) is 0 Å². The summed E-state index contributed by atoms with van der Waals surface area (Å²) in [5.41, 5.74) is 7.28. The number of hydrogen-bond acceptors (Lipinski definition) is 3. The summed E-state index contributed by atoms with van der Waals surface area (Å²) in [5, 5.41) is 0. The van der Waals surface area contributed by atoms with E-state index < -0.39 is 6.04 Å². The van der Waals surface area contributed by atoms with Crippen molar-refractivity contribution in [2.24, 2.45) is 5.73 Å². The van der Waals surface area contributed by atoms with Gasteiger partial charge in [-0.2, -0.15) is 0 Å². The molecule has 0 bridgehead atoms. The summed E-state index contributed by atoms with van der Waals surface area (Å²) in [4.78, 5) is 0. The van der Waals surface area contributed by atoms with Gasteiger partial charge in [0.1, 0.15) is 17.3 Å². The Balaban J connectivity index is 2.47. The van der Waals surface area contributed by atoms with Crippen molar-refractivity contribution < 1.29 is 13.9 Å². The van der Waals surface area contributed by atoms with Crippen molar-refractivity contribution in [3.63, 3.8) is 0 Å². The number of benzene rings is 2. The van der Waals surface area contributed by atoms with Crippen LogP contribution in [0.4, 0.5) is 4.39 Å². The standard InChI is InChI=1S/C15H15BrFNO2/c1-19-9-6-7-10(13(8-9)20-2)15(18)11-4-3-5-12(16)14(11)17/h3-8,15H,18H2,1-2H3. The second-order valence-electron chi connectivity index (χ2n) is 4.23. The minimum Gasteiger partial charge on any atom is -0.497 e. The van der Waals surface area contributed by atoms with Crippen LogP contribution in [0.15, 0.2) is 40.9 Å². The van der Waals surface area contributed by atoms with Gasteiger partial charge in [-0.1, -0.05) is 12.1 Å². The molecular weight excluding hydrogens is 325 g/mol. The van der Waals surface area contributed by atoms with E-state index in [-0.39, 0.29) is 5.82 Å². The Hall–Kier alpha value is -1.59. The summed E-state index contributed by atoms with van der Waals surface area (Å²) in [6.07, 6.45) is 0. The predicted molar refractivity (Wildman–Crippen MR) is 79.7 cm³/mol. The Morgan fingerprint density at radius 2 is 1.85 bits per heavy atom. The van der Waals surface area contributed by atoms with Crippen LogP contribution in [0.2, 0.25) is 0 Å². The lowest BCUT2D eigenvalue weighted by atomic mass is 9.98. The van der Waals surface area contributed by atoms with Gasteiger partial charge in [0, 0.05) is 17.2 Å². The van der Waals surface area contributed by atoms with E-state index in [9.17, 15) is 4.39 Å². The molecule has 1 unspecified atom stereocenters. The van der Waals surface area contributed by atoms with Gasteiger partial charge in [-0.15, -0.1) is 0 Å². The molecule has 0 aliphatic carbocycles. The van der Waals surface area contributed by atoms with Gasteiger partial charge in [0.15, 0.2) is 0 Å². The van der Waals surface area contributed by atoms with E-state index in [1.165, 1.54) is 0 Å². The Kier molecular flexibility index (Phi) is 4.62. The molecular formula is C15H15BrFNO2. The molecule has 0 aliphatic rings. The molecule has 0 fully saturated rings. The summed E-state index contributed by atoms with van der Waals surface area (Å²) in [6.45, 7) is 0. The molecule has 0 saturated heterocycles. The van der Waals surface area contributed by atoms with Crippen molar-refractivity contribution >= 4 is 15.9 Å². The van der Waals surface area contributed by atoms with Crippen molar-refractivity contribution in [2.75, 3.05) is 14.2 Å². The highest BCUT2D eigenvalue weighted by Crippen LogP contribution is 2.33. The zero-order chi connectivity index (χ0) is 14.7. The largest absolute Gasteiger partial charge is 0.497 e. The van der Waals surface area contributed by atoms with Crippen molar-refractivity contribution in [3.8, 4) is 11.5 Å². The lowest BCUT2D eigenvalue weighted by molar-refractivity contribution is 0.389. The monoisotopic (exact) mass is 339 g/mol. The molecule has 2 aromatic rings. The van der Waals surface area contributed by atoms with Crippen LogP contribution >= 0.6 is 15.9 Å². The van der Waals surface area contributed by atoms with Crippen LogP contribution < -0.4 is 15.2 Å². The maximum atomic E-state index is 14.1. The molecule has 1 atom stereocenters.